The molecule has 0 atom stereocenters. The molecule has 0 unspecified atom stereocenters. The molecule has 26 heavy (non-hydrogen) atoms. The molecule has 0 saturated heterocycles. The van der Waals surface area contributed by atoms with Crippen molar-refractivity contribution >= 4 is 15.8 Å². The number of ether oxygens (including phenoxy) is 1. The fourth-order valence-electron chi connectivity index (χ4n) is 2.27. The number of hydrogen-bond donors (Lipinski definition) is 2. The summed E-state index contributed by atoms with van der Waals surface area (Å²) in [5, 5.41) is 6.39. The largest absolute Gasteiger partial charge is 0.496 e. The van der Waals surface area contributed by atoms with E-state index in [0.29, 0.717) is 12.5 Å². The molecule has 0 amide bonds. The maximum atomic E-state index is 12.2. The molecule has 0 bridgehead atoms. The normalized spacial score (nSPS) is 12.8. The Morgan fingerprint density at radius 2 is 1.92 bits per heavy atom. The van der Waals surface area contributed by atoms with E-state index in [1.807, 2.05) is 26.0 Å². The Morgan fingerprint density at radius 3 is 2.50 bits per heavy atom. The Kier molecular flexibility index (Phi) is 8.40. The van der Waals surface area contributed by atoms with Crippen LogP contribution in [0.25, 0.3) is 0 Å². The van der Waals surface area contributed by atoms with Crippen molar-refractivity contribution in [2.75, 3.05) is 32.5 Å². The van der Waals surface area contributed by atoms with Gasteiger partial charge < -0.3 is 15.4 Å². The highest BCUT2D eigenvalue weighted by molar-refractivity contribution is 7.92. The van der Waals surface area contributed by atoms with Gasteiger partial charge in [0, 0.05) is 13.1 Å². The SMILES string of the molecule is CCNC(=NCCS(=O)(=O)C(C)(C)C)NCCc1ccc(C)c(OC)c1. The van der Waals surface area contributed by atoms with Gasteiger partial charge in [0.15, 0.2) is 15.8 Å². The van der Waals surface area contributed by atoms with E-state index in [9.17, 15) is 8.42 Å². The second-order valence-electron chi connectivity index (χ2n) is 7.17. The first kappa shape index (κ1) is 22.3. The maximum absolute atomic E-state index is 12.2. The molecule has 1 rings (SSSR count). The molecule has 0 heterocycles. The third kappa shape index (κ3) is 6.86. The zero-order chi connectivity index (χ0) is 19.8. The number of benzene rings is 1. The number of rotatable bonds is 8. The van der Waals surface area contributed by atoms with Gasteiger partial charge in [-0.05, 0) is 58.2 Å². The van der Waals surface area contributed by atoms with Gasteiger partial charge in [-0.2, -0.15) is 0 Å². The molecular formula is C19H33N3O3S. The molecule has 0 fully saturated rings. The first-order valence-electron chi connectivity index (χ1n) is 8.98. The highest BCUT2D eigenvalue weighted by Gasteiger charge is 2.28. The van der Waals surface area contributed by atoms with Crippen LogP contribution in [0, 0.1) is 6.92 Å². The van der Waals surface area contributed by atoms with Crippen molar-refractivity contribution in [2.45, 2.75) is 45.8 Å². The number of hydrogen-bond acceptors (Lipinski definition) is 4. The minimum atomic E-state index is -3.16. The molecule has 1 aromatic carbocycles. The average Bonchev–Trinajstić information content (AvgIpc) is 2.55. The zero-order valence-corrected chi connectivity index (χ0v) is 17.7. The van der Waals surface area contributed by atoms with Gasteiger partial charge in [0.05, 0.1) is 24.2 Å². The van der Waals surface area contributed by atoms with E-state index >= 15 is 0 Å². The summed E-state index contributed by atoms with van der Waals surface area (Å²) < 4.78 is 28.9. The van der Waals surface area contributed by atoms with Crippen molar-refractivity contribution in [3.63, 3.8) is 0 Å². The summed E-state index contributed by atoms with van der Waals surface area (Å²) in [5.41, 5.74) is 2.28. The van der Waals surface area contributed by atoms with Crippen LogP contribution in [0.15, 0.2) is 23.2 Å². The van der Waals surface area contributed by atoms with Gasteiger partial charge in [0.25, 0.3) is 0 Å². The maximum Gasteiger partial charge on any atom is 0.191 e. The van der Waals surface area contributed by atoms with Gasteiger partial charge in [0.1, 0.15) is 5.75 Å². The summed E-state index contributed by atoms with van der Waals surface area (Å²) in [4.78, 5) is 4.38. The molecule has 0 aliphatic carbocycles. The predicted octanol–water partition coefficient (Wildman–Crippen LogP) is 2.31. The highest BCUT2D eigenvalue weighted by atomic mass is 32.2. The quantitative estimate of drug-likeness (QED) is 0.532. The lowest BCUT2D eigenvalue weighted by Crippen LogP contribution is -2.39. The first-order chi connectivity index (χ1) is 12.1. The fraction of sp³-hybridized carbons (Fsp3) is 0.632. The smallest absolute Gasteiger partial charge is 0.191 e. The van der Waals surface area contributed by atoms with E-state index < -0.39 is 14.6 Å². The second kappa shape index (κ2) is 9.80. The fourth-order valence-corrected chi connectivity index (χ4v) is 3.21. The highest BCUT2D eigenvalue weighted by Crippen LogP contribution is 2.19. The molecule has 2 N–H and O–H groups in total. The molecule has 6 nitrogen and oxygen atoms in total. The van der Waals surface area contributed by atoms with Crippen molar-refractivity contribution in [3.8, 4) is 5.75 Å². The van der Waals surface area contributed by atoms with Crippen molar-refractivity contribution in [3.05, 3.63) is 29.3 Å². The molecular weight excluding hydrogens is 350 g/mol. The Hall–Kier alpha value is -1.76. The Labute approximate surface area is 158 Å². The Bertz CT molecular complexity index is 707. The number of nitrogens with zero attached hydrogens (tertiary/aromatic N) is 1. The molecule has 148 valence electrons. The first-order valence-corrected chi connectivity index (χ1v) is 10.6. The molecule has 7 heteroatoms. The van der Waals surface area contributed by atoms with E-state index in [-0.39, 0.29) is 12.3 Å². The van der Waals surface area contributed by atoms with Gasteiger partial charge in [0.2, 0.25) is 0 Å². The Morgan fingerprint density at radius 1 is 1.23 bits per heavy atom. The summed E-state index contributed by atoms with van der Waals surface area (Å²) in [7, 11) is -1.49. The third-order valence-electron chi connectivity index (χ3n) is 4.09. The van der Waals surface area contributed by atoms with Crippen LogP contribution in [0.3, 0.4) is 0 Å². The minimum absolute atomic E-state index is 0.0439. The zero-order valence-electron chi connectivity index (χ0n) is 16.8. The number of guanidine groups is 1. The molecule has 0 saturated carbocycles. The standard InChI is InChI=1S/C19H33N3O3S/c1-7-20-18(22-12-13-26(23,24)19(3,4)5)21-11-10-16-9-8-15(2)17(14-16)25-6/h8-9,14H,7,10-13H2,1-6H3,(H2,20,21,22). The lowest BCUT2D eigenvalue weighted by Gasteiger charge is -2.18. The molecule has 0 radical (unpaired) electrons. The van der Waals surface area contributed by atoms with Crippen LogP contribution in [-0.4, -0.2) is 51.6 Å². The van der Waals surface area contributed by atoms with E-state index in [4.69, 9.17) is 4.74 Å². The van der Waals surface area contributed by atoms with Gasteiger partial charge >= 0.3 is 0 Å². The number of methoxy groups -OCH3 is 1. The summed E-state index contributed by atoms with van der Waals surface area (Å²) in [6, 6.07) is 6.17. The van der Waals surface area contributed by atoms with Gasteiger partial charge in [-0.25, -0.2) is 8.42 Å². The van der Waals surface area contributed by atoms with Crippen LogP contribution in [0.1, 0.15) is 38.8 Å². The van der Waals surface area contributed by atoms with Crippen molar-refractivity contribution in [1.82, 2.24) is 10.6 Å². The van der Waals surface area contributed by atoms with E-state index in [0.717, 1.165) is 24.3 Å². The lowest BCUT2D eigenvalue weighted by molar-refractivity contribution is 0.411. The van der Waals surface area contributed by atoms with Crippen LogP contribution in [0.2, 0.25) is 0 Å². The van der Waals surface area contributed by atoms with Crippen molar-refractivity contribution in [1.29, 1.82) is 0 Å². The summed E-state index contributed by atoms with van der Waals surface area (Å²) in [5.74, 6) is 1.56. The number of nitrogens with one attached hydrogen (secondary N) is 2. The number of sulfone groups is 1. The van der Waals surface area contributed by atoms with E-state index in [2.05, 4.69) is 21.7 Å². The molecule has 0 aromatic heterocycles. The van der Waals surface area contributed by atoms with E-state index in [1.165, 1.54) is 5.56 Å². The van der Waals surface area contributed by atoms with Gasteiger partial charge in [-0.3, -0.25) is 4.99 Å². The van der Waals surface area contributed by atoms with Gasteiger partial charge in [-0.1, -0.05) is 12.1 Å². The summed E-state index contributed by atoms with van der Waals surface area (Å²) in [6.07, 6.45) is 0.821. The third-order valence-corrected chi connectivity index (χ3v) is 6.67. The van der Waals surface area contributed by atoms with Crippen molar-refractivity contribution in [2.24, 2.45) is 4.99 Å². The molecule has 0 aliphatic heterocycles. The molecule has 1 aromatic rings. The monoisotopic (exact) mass is 383 g/mol. The van der Waals surface area contributed by atoms with Crippen LogP contribution in [0.5, 0.6) is 5.75 Å². The lowest BCUT2D eigenvalue weighted by atomic mass is 10.1. The number of aryl methyl sites for hydroxylation is 1. The molecule has 0 spiro atoms. The Balaban J connectivity index is 2.60. The van der Waals surface area contributed by atoms with Crippen LogP contribution < -0.4 is 15.4 Å². The predicted molar refractivity (Wildman–Crippen MR) is 109 cm³/mol. The van der Waals surface area contributed by atoms with Gasteiger partial charge in [-0.15, -0.1) is 0 Å². The second-order valence-corrected chi connectivity index (χ2v) is 10.0. The van der Waals surface area contributed by atoms with Crippen LogP contribution >= 0.6 is 0 Å². The summed E-state index contributed by atoms with van der Waals surface area (Å²) >= 11 is 0. The number of aliphatic imine (C=N–C) groups is 1. The average molecular weight is 384 g/mol. The molecule has 0 aliphatic rings. The van der Waals surface area contributed by atoms with Crippen molar-refractivity contribution < 1.29 is 13.2 Å². The van der Waals surface area contributed by atoms with Crippen LogP contribution in [0.4, 0.5) is 0 Å². The minimum Gasteiger partial charge on any atom is -0.496 e. The summed E-state index contributed by atoms with van der Waals surface area (Å²) in [6.45, 7) is 10.8. The van der Waals surface area contributed by atoms with E-state index in [1.54, 1.807) is 27.9 Å². The van der Waals surface area contributed by atoms with Crippen LogP contribution in [-0.2, 0) is 16.3 Å². The topological polar surface area (TPSA) is 79.8 Å².